The number of halogens is 3. The van der Waals surface area contributed by atoms with Crippen LogP contribution in [-0.4, -0.2) is 31.1 Å². The fourth-order valence-electron chi connectivity index (χ4n) is 1.96. The van der Waals surface area contributed by atoms with Crippen LogP contribution < -0.4 is 4.74 Å². The average Bonchev–Trinajstić information content (AvgIpc) is 2.80. The maximum Gasteiger partial charge on any atom is 0.411 e. The molecule has 0 amide bonds. The molecule has 1 aromatic carbocycles. The second-order valence-corrected chi connectivity index (χ2v) is 4.44. The molecular formula is C13H15F3O3. The van der Waals surface area contributed by atoms with Crippen LogP contribution in [0, 0.1) is 0 Å². The first-order valence-electron chi connectivity index (χ1n) is 6.04. The minimum absolute atomic E-state index is 0.131. The Kier molecular flexibility index (Phi) is 4.31. The summed E-state index contributed by atoms with van der Waals surface area (Å²) in [6.07, 6.45) is -4.22. The van der Waals surface area contributed by atoms with Gasteiger partial charge in [-0.05, 0) is 23.3 Å². The number of hydrogen-bond acceptors (Lipinski definition) is 3. The predicted molar refractivity (Wildman–Crippen MR) is 62.1 cm³/mol. The fraction of sp³-hybridized carbons (Fsp3) is 0.538. The van der Waals surface area contributed by atoms with E-state index in [1.807, 2.05) is 6.07 Å². The minimum Gasteiger partial charge on any atom is -0.493 e. The molecule has 1 aromatic rings. The molecule has 0 saturated heterocycles. The quantitative estimate of drug-likeness (QED) is 0.840. The maximum atomic E-state index is 11.9. The van der Waals surface area contributed by atoms with Gasteiger partial charge in [-0.1, -0.05) is 6.07 Å². The molecule has 6 heteroatoms. The van der Waals surface area contributed by atoms with Gasteiger partial charge in [0.05, 0.1) is 12.7 Å². The van der Waals surface area contributed by atoms with Crippen molar-refractivity contribution in [1.29, 1.82) is 0 Å². The first kappa shape index (κ1) is 14.1. The standard InChI is InChI=1S/C13H15F3O3/c14-13(15,16)8-18-5-4-11(17)9-1-2-12-10(7-9)3-6-19-12/h1-2,7,11,17H,3-6,8H2. The van der Waals surface area contributed by atoms with Crippen LogP contribution in [0.4, 0.5) is 13.2 Å². The van der Waals surface area contributed by atoms with Crippen molar-refractivity contribution in [2.24, 2.45) is 0 Å². The normalized spacial score (nSPS) is 16.0. The van der Waals surface area contributed by atoms with Gasteiger partial charge in [0.1, 0.15) is 12.4 Å². The van der Waals surface area contributed by atoms with Gasteiger partial charge in [0, 0.05) is 19.4 Å². The van der Waals surface area contributed by atoms with Gasteiger partial charge in [-0.2, -0.15) is 13.2 Å². The van der Waals surface area contributed by atoms with Crippen LogP contribution in [0.3, 0.4) is 0 Å². The third kappa shape index (κ3) is 4.11. The van der Waals surface area contributed by atoms with Crippen molar-refractivity contribution in [3.63, 3.8) is 0 Å². The predicted octanol–water partition coefficient (Wildman–Crippen LogP) is 2.62. The van der Waals surface area contributed by atoms with Crippen molar-refractivity contribution in [3.05, 3.63) is 29.3 Å². The van der Waals surface area contributed by atoms with Crippen molar-refractivity contribution in [1.82, 2.24) is 0 Å². The van der Waals surface area contributed by atoms with Crippen LogP contribution in [0.5, 0.6) is 5.75 Å². The second kappa shape index (κ2) is 5.79. The molecule has 0 radical (unpaired) electrons. The van der Waals surface area contributed by atoms with Crippen molar-refractivity contribution >= 4 is 0 Å². The summed E-state index contributed by atoms with van der Waals surface area (Å²) in [6, 6.07) is 5.33. The summed E-state index contributed by atoms with van der Waals surface area (Å²) in [7, 11) is 0. The number of benzene rings is 1. The number of alkyl halides is 3. The molecule has 1 N–H and O–H groups in total. The molecule has 1 aliphatic rings. The molecule has 1 atom stereocenters. The van der Waals surface area contributed by atoms with Crippen LogP contribution in [0.25, 0.3) is 0 Å². The Morgan fingerprint density at radius 3 is 2.89 bits per heavy atom. The van der Waals surface area contributed by atoms with Crippen molar-refractivity contribution in [3.8, 4) is 5.75 Å². The highest BCUT2D eigenvalue weighted by molar-refractivity contribution is 5.40. The van der Waals surface area contributed by atoms with Gasteiger partial charge in [-0.15, -0.1) is 0 Å². The Morgan fingerprint density at radius 2 is 2.16 bits per heavy atom. The molecular weight excluding hydrogens is 261 g/mol. The Balaban J connectivity index is 1.81. The van der Waals surface area contributed by atoms with Gasteiger partial charge in [0.15, 0.2) is 0 Å². The van der Waals surface area contributed by atoms with E-state index in [9.17, 15) is 18.3 Å². The second-order valence-electron chi connectivity index (χ2n) is 4.44. The zero-order valence-corrected chi connectivity index (χ0v) is 10.2. The van der Waals surface area contributed by atoms with Crippen LogP contribution in [0.1, 0.15) is 23.7 Å². The minimum atomic E-state index is -4.32. The summed E-state index contributed by atoms with van der Waals surface area (Å²) < 4.78 is 45.4. The SMILES string of the molecule is OC(CCOCC(F)(F)F)c1ccc2c(c1)CCO2. The molecule has 2 rings (SSSR count). The van der Waals surface area contributed by atoms with E-state index < -0.39 is 18.9 Å². The van der Waals surface area contributed by atoms with E-state index in [0.29, 0.717) is 12.2 Å². The van der Waals surface area contributed by atoms with Crippen LogP contribution in [0.15, 0.2) is 18.2 Å². The van der Waals surface area contributed by atoms with Gasteiger partial charge in [0.2, 0.25) is 0 Å². The smallest absolute Gasteiger partial charge is 0.411 e. The molecule has 0 aliphatic carbocycles. The van der Waals surface area contributed by atoms with Crippen molar-refractivity contribution < 1.29 is 27.8 Å². The van der Waals surface area contributed by atoms with Gasteiger partial charge in [0.25, 0.3) is 0 Å². The lowest BCUT2D eigenvalue weighted by Crippen LogP contribution is -2.18. The van der Waals surface area contributed by atoms with E-state index in [1.165, 1.54) is 0 Å². The first-order valence-corrected chi connectivity index (χ1v) is 6.04. The number of fused-ring (bicyclic) bond motifs is 1. The van der Waals surface area contributed by atoms with E-state index in [-0.39, 0.29) is 13.0 Å². The molecule has 3 nitrogen and oxygen atoms in total. The monoisotopic (exact) mass is 276 g/mol. The molecule has 0 aromatic heterocycles. The Bertz CT molecular complexity index is 432. The number of rotatable bonds is 5. The summed E-state index contributed by atoms with van der Waals surface area (Å²) in [6.45, 7) is -0.782. The van der Waals surface area contributed by atoms with Gasteiger partial charge in [-0.3, -0.25) is 0 Å². The molecule has 0 fully saturated rings. The Labute approximate surface area is 108 Å². The Morgan fingerprint density at radius 1 is 1.37 bits per heavy atom. The zero-order chi connectivity index (χ0) is 13.9. The van der Waals surface area contributed by atoms with Crippen LogP contribution in [-0.2, 0) is 11.2 Å². The van der Waals surface area contributed by atoms with E-state index >= 15 is 0 Å². The lowest BCUT2D eigenvalue weighted by molar-refractivity contribution is -0.175. The molecule has 0 spiro atoms. The van der Waals surface area contributed by atoms with Crippen molar-refractivity contribution in [2.45, 2.75) is 25.1 Å². The summed E-state index contributed by atoms with van der Waals surface area (Å²) in [5.74, 6) is 0.810. The lowest BCUT2D eigenvalue weighted by Gasteiger charge is -2.13. The third-order valence-corrected chi connectivity index (χ3v) is 2.90. The van der Waals surface area contributed by atoms with E-state index in [1.54, 1.807) is 12.1 Å². The molecule has 1 heterocycles. The summed E-state index contributed by atoms with van der Waals surface area (Å²) in [5.41, 5.74) is 1.70. The fourth-order valence-corrected chi connectivity index (χ4v) is 1.96. The highest BCUT2D eigenvalue weighted by Crippen LogP contribution is 2.29. The molecule has 19 heavy (non-hydrogen) atoms. The third-order valence-electron chi connectivity index (χ3n) is 2.90. The molecule has 1 aliphatic heterocycles. The number of aliphatic hydroxyl groups is 1. The lowest BCUT2D eigenvalue weighted by atomic mass is 10.0. The number of hydrogen-bond donors (Lipinski definition) is 1. The average molecular weight is 276 g/mol. The topological polar surface area (TPSA) is 38.7 Å². The molecule has 106 valence electrons. The molecule has 0 saturated carbocycles. The number of ether oxygens (including phenoxy) is 2. The van der Waals surface area contributed by atoms with E-state index in [2.05, 4.69) is 4.74 Å². The van der Waals surface area contributed by atoms with E-state index in [4.69, 9.17) is 4.74 Å². The Hall–Kier alpha value is -1.27. The highest BCUT2D eigenvalue weighted by atomic mass is 19.4. The van der Waals surface area contributed by atoms with Gasteiger partial charge < -0.3 is 14.6 Å². The number of aliphatic hydroxyl groups excluding tert-OH is 1. The van der Waals surface area contributed by atoms with Gasteiger partial charge in [-0.25, -0.2) is 0 Å². The maximum absolute atomic E-state index is 11.9. The van der Waals surface area contributed by atoms with Crippen LogP contribution >= 0.6 is 0 Å². The summed E-state index contributed by atoms with van der Waals surface area (Å²) in [4.78, 5) is 0. The summed E-state index contributed by atoms with van der Waals surface area (Å²) in [5, 5.41) is 9.88. The van der Waals surface area contributed by atoms with E-state index in [0.717, 1.165) is 17.7 Å². The largest absolute Gasteiger partial charge is 0.493 e. The van der Waals surface area contributed by atoms with Crippen LogP contribution in [0.2, 0.25) is 0 Å². The molecule has 0 bridgehead atoms. The zero-order valence-electron chi connectivity index (χ0n) is 10.2. The summed E-state index contributed by atoms with van der Waals surface area (Å²) >= 11 is 0. The molecule has 1 unspecified atom stereocenters. The first-order chi connectivity index (χ1) is 8.96. The van der Waals surface area contributed by atoms with Gasteiger partial charge >= 0.3 is 6.18 Å². The highest BCUT2D eigenvalue weighted by Gasteiger charge is 2.27. The van der Waals surface area contributed by atoms with Crippen molar-refractivity contribution in [2.75, 3.05) is 19.8 Å².